The van der Waals surface area contributed by atoms with Gasteiger partial charge in [0.25, 0.3) is 0 Å². The van der Waals surface area contributed by atoms with E-state index in [2.05, 4.69) is 10.6 Å². The first kappa shape index (κ1) is 22.1. The van der Waals surface area contributed by atoms with Crippen LogP contribution in [0.3, 0.4) is 0 Å². The Morgan fingerprint density at radius 2 is 1.66 bits per heavy atom. The fourth-order valence-electron chi connectivity index (χ4n) is 2.72. The molecular weight excluding hydrogens is 370 g/mol. The first-order valence-corrected chi connectivity index (χ1v) is 9.48. The van der Waals surface area contributed by atoms with Crippen molar-refractivity contribution in [2.24, 2.45) is 0 Å². The molecule has 0 bridgehead atoms. The third-order valence-corrected chi connectivity index (χ3v) is 4.40. The predicted octanol–water partition coefficient (Wildman–Crippen LogP) is 3.19. The molecule has 2 aromatic carbocycles. The van der Waals surface area contributed by atoms with Gasteiger partial charge in [0, 0.05) is 36.0 Å². The number of carbonyl (C=O) groups is 3. The maximum absolute atomic E-state index is 12.3. The summed E-state index contributed by atoms with van der Waals surface area (Å²) in [7, 11) is 1.57. The molecule has 0 heterocycles. The van der Waals surface area contributed by atoms with Gasteiger partial charge in [0.2, 0.25) is 11.8 Å². The van der Waals surface area contributed by atoms with Crippen LogP contribution in [0.2, 0.25) is 0 Å². The van der Waals surface area contributed by atoms with Gasteiger partial charge in [-0.05, 0) is 49.9 Å². The lowest BCUT2D eigenvalue weighted by molar-refractivity contribution is -0.119. The van der Waals surface area contributed by atoms with Crippen LogP contribution >= 0.6 is 0 Å². The number of ketones is 1. The van der Waals surface area contributed by atoms with Gasteiger partial charge in [-0.15, -0.1) is 0 Å². The van der Waals surface area contributed by atoms with Crippen LogP contribution < -0.4 is 15.4 Å². The second-order valence-corrected chi connectivity index (χ2v) is 6.58. The number of likely N-dealkylation sites (N-methyl/N-ethyl adjacent to an activating group) is 1. The summed E-state index contributed by atoms with van der Waals surface area (Å²) in [4.78, 5) is 37.7. The minimum Gasteiger partial charge on any atom is -0.497 e. The number of carbonyl (C=O) groups excluding carboxylic acids is 3. The van der Waals surface area contributed by atoms with Crippen LogP contribution in [-0.4, -0.2) is 49.2 Å². The second-order valence-electron chi connectivity index (χ2n) is 6.58. The van der Waals surface area contributed by atoms with Gasteiger partial charge >= 0.3 is 0 Å². The smallest absolute Gasteiger partial charge is 0.238 e. The molecule has 0 fully saturated rings. The van der Waals surface area contributed by atoms with Gasteiger partial charge in [0.15, 0.2) is 5.78 Å². The van der Waals surface area contributed by atoms with Gasteiger partial charge < -0.3 is 15.4 Å². The SMILES string of the molecule is CCN(CCC(=O)Nc1ccc(C(C)=O)cc1)CC(=O)Nc1cccc(OC)c1. The van der Waals surface area contributed by atoms with Crippen molar-refractivity contribution in [1.82, 2.24) is 4.90 Å². The molecule has 29 heavy (non-hydrogen) atoms. The highest BCUT2D eigenvalue weighted by Crippen LogP contribution is 2.16. The molecule has 2 amide bonds. The number of nitrogens with zero attached hydrogens (tertiary/aromatic N) is 1. The van der Waals surface area contributed by atoms with E-state index in [0.29, 0.717) is 35.8 Å². The highest BCUT2D eigenvalue weighted by Gasteiger charge is 2.12. The van der Waals surface area contributed by atoms with E-state index in [9.17, 15) is 14.4 Å². The number of benzene rings is 2. The Kier molecular flexibility index (Phi) is 8.36. The second kappa shape index (κ2) is 11.0. The van der Waals surface area contributed by atoms with Gasteiger partial charge in [-0.3, -0.25) is 19.3 Å². The lowest BCUT2D eigenvalue weighted by Gasteiger charge is -2.19. The number of hydrogen-bond acceptors (Lipinski definition) is 5. The highest BCUT2D eigenvalue weighted by atomic mass is 16.5. The highest BCUT2D eigenvalue weighted by molar-refractivity contribution is 5.95. The molecular formula is C22H27N3O4. The zero-order chi connectivity index (χ0) is 21.2. The van der Waals surface area contributed by atoms with Crippen molar-refractivity contribution in [3.05, 3.63) is 54.1 Å². The molecule has 0 atom stereocenters. The van der Waals surface area contributed by atoms with Gasteiger partial charge in [-0.2, -0.15) is 0 Å². The summed E-state index contributed by atoms with van der Waals surface area (Å²) in [5.74, 6) is 0.351. The number of amides is 2. The van der Waals surface area contributed by atoms with Crippen LogP contribution in [0.25, 0.3) is 0 Å². The zero-order valence-electron chi connectivity index (χ0n) is 17.0. The average Bonchev–Trinajstić information content (AvgIpc) is 2.71. The molecule has 0 unspecified atom stereocenters. The number of hydrogen-bond donors (Lipinski definition) is 2. The normalized spacial score (nSPS) is 10.5. The molecule has 7 nitrogen and oxygen atoms in total. The Morgan fingerprint density at radius 3 is 2.28 bits per heavy atom. The Hall–Kier alpha value is -3.19. The molecule has 0 aliphatic heterocycles. The minimum absolute atomic E-state index is 0.0197. The van der Waals surface area contributed by atoms with Gasteiger partial charge in [0.05, 0.1) is 13.7 Å². The first-order valence-electron chi connectivity index (χ1n) is 9.48. The van der Waals surface area contributed by atoms with Crippen LogP contribution in [-0.2, 0) is 9.59 Å². The van der Waals surface area contributed by atoms with Crippen molar-refractivity contribution in [3.63, 3.8) is 0 Å². The quantitative estimate of drug-likeness (QED) is 0.601. The van der Waals surface area contributed by atoms with E-state index in [1.54, 1.807) is 55.6 Å². The first-order chi connectivity index (χ1) is 13.9. The van der Waals surface area contributed by atoms with Crippen LogP contribution in [0, 0.1) is 0 Å². The Balaban J connectivity index is 1.80. The lowest BCUT2D eigenvalue weighted by Crippen LogP contribution is -2.35. The third kappa shape index (κ3) is 7.38. The molecule has 0 saturated carbocycles. The van der Waals surface area contributed by atoms with Gasteiger partial charge in [-0.25, -0.2) is 0 Å². The van der Waals surface area contributed by atoms with Crippen LogP contribution in [0.1, 0.15) is 30.6 Å². The van der Waals surface area contributed by atoms with E-state index >= 15 is 0 Å². The predicted molar refractivity (Wildman–Crippen MR) is 113 cm³/mol. The van der Waals surface area contributed by atoms with Crippen molar-refractivity contribution in [3.8, 4) is 5.75 Å². The van der Waals surface area contributed by atoms with Crippen molar-refractivity contribution >= 4 is 29.0 Å². The molecule has 0 spiro atoms. The Bertz CT molecular complexity index is 849. The standard InChI is InChI=1S/C22H27N3O4/c1-4-25(15-22(28)24-19-6-5-7-20(14-19)29-3)13-12-21(27)23-18-10-8-17(9-11-18)16(2)26/h5-11,14H,4,12-13,15H2,1-3H3,(H,23,27)(H,24,28). The summed E-state index contributed by atoms with van der Waals surface area (Å²) in [6.07, 6.45) is 0.259. The maximum Gasteiger partial charge on any atom is 0.238 e. The number of Topliss-reactive ketones (excluding diaryl/α,β-unsaturated/α-hetero) is 1. The van der Waals surface area contributed by atoms with Crippen LogP contribution in [0.4, 0.5) is 11.4 Å². The van der Waals surface area contributed by atoms with Crippen molar-refractivity contribution in [1.29, 1.82) is 0 Å². The van der Waals surface area contributed by atoms with Crippen LogP contribution in [0.5, 0.6) is 5.75 Å². The number of nitrogens with one attached hydrogen (secondary N) is 2. The largest absolute Gasteiger partial charge is 0.497 e. The lowest BCUT2D eigenvalue weighted by atomic mass is 10.1. The fraction of sp³-hybridized carbons (Fsp3) is 0.318. The fourth-order valence-corrected chi connectivity index (χ4v) is 2.72. The molecule has 2 aromatic rings. The summed E-state index contributed by atoms with van der Waals surface area (Å²) >= 11 is 0. The van der Waals surface area contributed by atoms with Crippen LogP contribution in [0.15, 0.2) is 48.5 Å². The third-order valence-electron chi connectivity index (χ3n) is 4.40. The maximum atomic E-state index is 12.3. The molecule has 0 aliphatic rings. The monoisotopic (exact) mass is 397 g/mol. The number of ether oxygens (including phenoxy) is 1. The summed E-state index contributed by atoms with van der Waals surface area (Å²) in [6, 6.07) is 13.9. The Labute approximate surface area is 171 Å². The van der Waals surface area contributed by atoms with Crippen molar-refractivity contribution in [2.75, 3.05) is 37.4 Å². The van der Waals surface area contributed by atoms with E-state index in [4.69, 9.17) is 4.74 Å². The minimum atomic E-state index is -0.152. The van der Waals surface area contributed by atoms with E-state index in [-0.39, 0.29) is 30.6 Å². The summed E-state index contributed by atoms with van der Waals surface area (Å²) in [5, 5.41) is 5.64. The topological polar surface area (TPSA) is 87.7 Å². The van der Waals surface area contributed by atoms with E-state index in [0.717, 1.165) is 0 Å². The molecule has 154 valence electrons. The van der Waals surface area contributed by atoms with E-state index in [1.807, 2.05) is 11.8 Å². The van der Waals surface area contributed by atoms with Crippen molar-refractivity contribution < 1.29 is 19.1 Å². The molecule has 2 N–H and O–H groups in total. The molecule has 2 rings (SSSR count). The molecule has 0 saturated heterocycles. The Morgan fingerprint density at radius 1 is 0.966 bits per heavy atom. The number of rotatable bonds is 10. The average molecular weight is 397 g/mol. The summed E-state index contributed by atoms with van der Waals surface area (Å²) < 4.78 is 5.15. The zero-order valence-corrected chi connectivity index (χ0v) is 17.0. The number of anilines is 2. The van der Waals surface area contributed by atoms with E-state index in [1.165, 1.54) is 6.92 Å². The molecule has 0 aromatic heterocycles. The number of methoxy groups -OCH3 is 1. The van der Waals surface area contributed by atoms with Gasteiger partial charge in [0.1, 0.15) is 5.75 Å². The molecule has 0 radical (unpaired) electrons. The van der Waals surface area contributed by atoms with Crippen molar-refractivity contribution in [2.45, 2.75) is 20.3 Å². The van der Waals surface area contributed by atoms with Gasteiger partial charge in [-0.1, -0.05) is 13.0 Å². The van der Waals surface area contributed by atoms with E-state index < -0.39 is 0 Å². The summed E-state index contributed by atoms with van der Waals surface area (Å²) in [6.45, 7) is 4.73. The molecule has 0 aliphatic carbocycles. The molecule has 7 heteroatoms. The summed E-state index contributed by atoms with van der Waals surface area (Å²) in [5.41, 5.74) is 1.90.